The molecule has 172 valence electrons. The number of hydrogen-bond donors (Lipinski definition) is 0. The zero-order valence-corrected chi connectivity index (χ0v) is 21.2. The standard InChI is InChI=1S/C33H35N/c1-6-23-9-14-26(15-10-23)34(27-16-11-24(7-2)12-17-27)28-18-20-30-29-19-13-25(8-3)21-31(29)33(4,5)32(30)22-28/h9-22H,6-8H2,1-5H3. The first kappa shape index (κ1) is 22.5. The molecule has 4 aromatic carbocycles. The summed E-state index contributed by atoms with van der Waals surface area (Å²) in [4.78, 5) is 2.40. The van der Waals surface area contributed by atoms with Crippen molar-refractivity contribution in [3.63, 3.8) is 0 Å². The van der Waals surface area contributed by atoms with Crippen LogP contribution in [0.5, 0.6) is 0 Å². The van der Waals surface area contributed by atoms with Gasteiger partial charge in [0.1, 0.15) is 0 Å². The van der Waals surface area contributed by atoms with Gasteiger partial charge in [-0.2, -0.15) is 0 Å². The quantitative estimate of drug-likeness (QED) is 0.286. The van der Waals surface area contributed by atoms with E-state index < -0.39 is 0 Å². The van der Waals surface area contributed by atoms with Crippen LogP contribution in [-0.2, 0) is 24.7 Å². The monoisotopic (exact) mass is 445 g/mol. The summed E-state index contributed by atoms with van der Waals surface area (Å²) in [5.74, 6) is 0. The van der Waals surface area contributed by atoms with E-state index in [-0.39, 0.29) is 5.41 Å². The first-order chi connectivity index (χ1) is 16.5. The van der Waals surface area contributed by atoms with E-state index in [1.165, 1.54) is 56.0 Å². The van der Waals surface area contributed by atoms with Gasteiger partial charge in [0.2, 0.25) is 0 Å². The lowest BCUT2D eigenvalue weighted by Gasteiger charge is -2.28. The third-order valence-electron chi connectivity index (χ3n) is 7.60. The van der Waals surface area contributed by atoms with E-state index in [0.29, 0.717) is 0 Å². The summed E-state index contributed by atoms with van der Waals surface area (Å²) >= 11 is 0. The normalized spacial score (nSPS) is 13.4. The van der Waals surface area contributed by atoms with Crippen molar-refractivity contribution in [2.75, 3.05) is 4.90 Å². The Morgan fingerprint density at radius 1 is 0.500 bits per heavy atom. The number of benzene rings is 4. The van der Waals surface area contributed by atoms with E-state index in [1.54, 1.807) is 0 Å². The van der Waals surface area contributed by atoms with Gasteiger partial charge in [0.25, 0.3) is 0 Å². The molecule has 0 N–H and O–H groups in total. The molecule has 0 aliphatic heterocycles. The van der Waals surface area contributed by atoms with Crippen LogP contribution in [0.1, 0.15) is 62.4 Å². The van der Waals surface area contributed by atoms with Crippen LogP contribution >= 0.6 is 0 Å². The molecule has 1 nitrogen and oxygen atoms in total. The van der Waals surface area contributed by atoms with Crippen molar-refractivity contribution in [2.45, 2.75) is 59.3 Å². The lowest BCUT2D eigenvalue weighted by molar-refractivity contribution is 0.659. The van der Waals surface area contributed by atoms with Crippen molar-refractivity contribution >= 4 is 17.1 Å². The summed E-state index contributed by atoms with van der Waals surface area (Å²) in [7, 11) is 0. The van der Waals surface area contributed by atoms with Crippen LogP contribution in [0, 0.1) is 0 Å². The Balaban J connectivity index is 1.65. The van der Waals surface area contributed by atoms with Crippen LogP contribution in [0.15, 0.2) is 84.9 Å². The Hall–Kier alpha value is -3.32. The lowest BCUT2D eigenvalue weighted by atomic mass is 9.81. The maximum absolute atomic E-state index is 2.42. The summed E-state index contributed by atoms with van der Waals surface area (Å²) in [6, 6.07) is 32.1. The maximum atomic E-state index is 2.42. The molecule has 0 aromatic heterocycles. The zero-order valence-electron chi connectivity index (χ0n) is 21.2. The predicted octanol–water partition coefficient (Wildman–Crippen LogP) is 9.15. The third-order valence-corrected chi connectivity index (χ3v) is 7.60. The minimum absolute atomic E-state index is 0.0182. The molecule has 0 saturated carbocycles. The summed E-state index contributed by atoms with van der Waals surface area (Å²) in [6.07, 6.45) is 3.17. The molecule has 0 bridgehead atoms. The molecule has 1 heteroatoms. The molecule has 0 fully saturated rings. The molecule has 34 heavy (non-hydrogen) atoms. The Bertz CT molecular complexity index is 1260. The van der Waals surface area contributed by atoms with E-state index in [0.717, 1.165) is 19.3 Å². The predicted molar refractivity (Wildman–Crippen MR) is 147 cm³/mol. The van der Waals surface area contributed by atoms with Crippen molar-refractivity contribution in [1.29, 1.82) is 0 Å². The van der Waals surface area contributed by atoms with Crippen molar-refractivity contribution < 1.29 is 0 Å². The van der Waals surface area contributed by atoms with Crippen LogP contribution in [-0.4, -0.2) is 0 Å². The van der Waals surface area contributed by atoms with Gasteiger partial charge in [-0.15, -0.1) is 0 Å². The van der Waals surface area contributed by atoms with Gasteiger partial charge in [-0.25, -0.2) is 0 Å². The molecular weight excluding hydrogens is 410 g/mol. The van der Waals surface area contributed by atoms with Crippen LogP contribution in [0.25, 0.3) is 11.1 Å². The fourth-order valence-electron chi connectivity index (χ4n) is 5.34. The second kappa shape index (κ2) is 8.80. The lowest BCUT2D eigenvalue weighted by Crippen LogP contribution is -2.17. The van der Waals surface area contributed by atoms with Gasteiger partial charge in [-0.05, 0) is 94.6 Å². The van der Waals surface area contributed by atoms with Crippen molar-refractivity contribution in [2.24, 2.45) is 0 Å². The van der Waals surface area contributed by atoms with Gasteiger partial charge in [0.05, 0.1) is 0 Å². The van der Waals surface area contributed by atoms with Crippen molar-refractivity contribution in [1.82, 2.24) is 0 Å². The summed E-state index contributed by atoms with van der Waals surface area (Å²) in [6.45, 7) is 11.4. The smallest absolute Gasteiger partial charge is 0.0465 e. The summed E-state index contributed by atoms with van der Waals surface area (Å²) in [5, 5.41) is 0. The highest BCUT2D eigenvalue weighted by Gasteiger charge is 2.36. The van der Waals surface area contributed by atoms with Gasteiger partial charge in [-0.1, -0.05) is 83.1 Å². The molecule has 1 aliphatic carbocycles. The highest BCUT2D eigenvalue weighted by Crippen LogP contribution is 2.50. The Kier molecular flexibility index (Phi) is 5.81. The molecular formula is C33H35N. The Morgan fingerprint density at radius 2 is 0.912 bits per heavy atom. The van der Waals surface area contributed by atoms with Gasteiger partial charge in [-0.3, -0.25) is 0 Å². The molecule has 5 rings (SSSR count). The number of rotatable bonds is 6. The number of nitrogens with zero attached hydrogens (tertiary/aromatic N) is 1. The van der Waals surface area contributed by atoms with Crippen LogP contribution in [0.2, 0.25) is 0 Å². The van der Waals surface area contributed by atoms with E-state index in [1.807, 2.05) is 0 Å². The molecule has 0 radical (unpaired) electrons. The number of anilines is 3. The number of hydrogen-bond acceptors (Lipinski definition) is 1. The highest BCUT2D eigenvalue weighted by molar-refractivity contribution is 5.85. The van der Waals surface area contributed by atoms with Gasteiger partial charge >= 0.3 is 0 Å². The van der Waals surface area contributed by atoms with Crippen LogP contribution < -0.4 is 4.90 Å². The fourth-order valence-corrected chi connectivity index (χ4v) is 5.34. The molecule has 0 heterocycles. The zero-order chi connectivity index (χ0) is 23.9. The Morgan fingerprint density at radius 3 is 1.41 bits per heavy atom. The fraction of sp³-hybridized carbons (Fsp3) is 0.273. The van der Waals surface area contributed by atoms with Crippen molar-refractivity contribution in [3.8, 4) is 11.1 Å². The summed E-state index contributed by atoms with van der Waals surface area (Å²) in [5.41, 5.74) is 13.3. The second-order valence-electron chi connectivity index (χ2n) is 9.96. The van der Waals surface area contributed by atoms with Gasteiger partial charge < -0.3 is 4.90 Å². The minimum Gasteiger partial charge on any atom is -0.310 e. The molecule has 0 unspecified atom stereocenters. The highest BCUT2D eigenvalue weighted by atomic mass is 15.1. The topological polar surface area (TPSA) is 3.24 Å². The van der Waals surface area contributed by atoms with Gasteiger partial charge in [0.15, 0.2) is 0 Å². The van der Waals surface area contributed by atoms with Crippen LogP contribution in [0.3, 0.4) is 0 Å². The van der Waals surface area contributed by atoms with Crippen LogP contribution in [0.4, 0.5) is 17.1 Å². The third kappa shape index (κ3) is 3.74. The molecule has 1 aliphatic rings. The first-order valence-corrected chi connectivity index (χ1v) is 12.7. The molecule has 0 atom stereocenters. The first-order valence-electron chi connectivity index (χ1n) is 12.7. The van der Waals surface area contributed by atoms with Crippen molar-refractivity contribution in [3.05, 3.63) is 113 Å². The molecule has 4 aromatic rings. The number of aryl methyl sites for hydroxylation is 3. The average molecular weight is 446 g/mol. The Labute approximate surface area is 205 Å². The minimum atomic E-state index is -0.0182. The maximum Gasteiger partial charge on any atom is 0.0465 e. The second-order valence-corrected chi connectivity index (χ2v) is 9.96. The van der Waals surface area contributed by atoms with E-state index in [4.69, 9.17) is 0 Å². The largest absolute Gasteiger partial charge is 0.310 e. The van der Waals surface area contributed by atoms with E-state index in [9.17, 15) is 0 Å². The number of fused-ring (bicyclic) bond motifs is 3. The molecule has 0 saturated heterocycles. The SMILES string of the molecule is CCc1ccc(N(c2ccc(CC)cc2)c2ccc3c(c2)C(C)(C)c2cc(CC)ccc2-3)cc1. The summed E-state index contributed by atoms with van der Waals surface area (Å²) < 4.78 is 0. The van der Waals surface area contributed by atoms with E-state index >= 15 is 0 Å². The van der Waals surface area contributed by atoms with E-state index in [2.05, 4.69) is 124 Å². The van der Waals surface area contributed by atoms with Gasteiger partial charge in [0, 0.05) is 22.5 Å². The molecule has 0 spiro atoms. The molecule has 0 amide bonds. The average Bonchev–Trinajstić information content (AvgIpc) is 3.11.